The first kappa shape index (κ1) is 14.6. The highest BCUT2D eigenvalue weighted by molar-refractivity contribution is 5.90. The fourth-order valence-corrected chi connectivity index (χ4v) is 2.90. The van der Waals surface area contributed by atoms with Gasteiger partial charge in [-0.1, -0.05) is 6.92 Å². The number of hydrazone groups is 1. The van der Waals surface area contributed by atoms with Crippen LogP contribution in [0, 0.1) is 0 Å². The minimum absolute atomic E-state index is 0.0727. The quantitative estimate of drug-likeness (QED) is 0.818. The Kier molecular flexibility index (Phi) is 3.19. The van der Waals surface area contributed by atoms with Gasteiger partial charge in [-0.2, -0.15) is 10.1 Å². The first-order valence-electron chi connectivity index (χ1n) is 7.39. The van der Waals surface area contributed by atoms with E-state index in [9.17, 15) is 9.59 Å². The SMILES string of the molecule is CCCn1c(=O)c2c(nc3n2[C@@H](C)C(C)=NN3C)n(C)c1=O. The second-order valence-electron chi connectivity index (χ2n) is 5.69. The summed E-state index contributed by atoms with van der Waals surface area (Å²) in [4.78, 5) is 29.7. The Hall–Kier alpha value is -2.38. The molecule has 1 atom stereocenters. The van der Waals surface area contributed by atoms with E-state index in [1.54, 1.807) is 19.1 Å². The molecule has 8 heteroatoms. The van der Waals surface area contributed by atoms with Crippen LogP contribution in [0.1, 0.15) is 33.2 Å². The lowest BCUT2D eigenvalue weighted by molar-refractivity contribution is 0.587. The zero-order valence-electron chi connectivity index (χ0n) is 13.5. The number of aryl methyl sites for hydroxylation is 1. The van der Waals surface area contributed by atoms with E-state index >= 15 is 0 Å². The van der Waals surface area contributed by atoms with E-state index in [0.29, 0.717) is 23.7 Å². The van der Waals surface area contributed by atoms with E-state index < -0.39 is 0 Å². The molecule has 0 bridgehead atoms. The summed E-state index contributed by atoms with van der Waals surface area (Å²) >= 11 is 0. The van der Waals surface area contributed by atoms with E-state index in [1.807, 2.05) is 25.3 Å². The molecule has 118 valence electrons. The number of imidazole rings is 1. The molecule has 0 aromatic carbocycles. The average Bonchev–Trinajstić information content (AvgIpc) is 2.88. The second-order valence-corrected chi connectivity index (χ2v) is 5.69. The molecular formula is C14H20N6O2. The van der Waals surface area contributed by atoms with Crippen LogP contribution in [-0.2, 0) is 13.6 Å². The van der Waals surface area contributed by atoms with Crippen LogP contribution in [0.3, 0.4) is 0 Å². The molecular weight excluding hydrogens is 284 g/mol. The zero-order chi connectivity index (χ0) is 16.2. The van der Waals surface area contributed by atoms with Gasteiger partial charge in [0.15, 0.2) is 11.2 Å². The Balaban J connectivity index is 2.47. The standard InChI is InChI=1S/C14H20N6O2/c1-6-7-19-12(21)10-11(17(4)14(19)22)15-13-18(5)16-8(2)9(3)20(10)13/h9H,6-7H2,1-5H3/t9-/m0/s1. The fourth-order valence-electron chi connectivity index (χ4n) is 2.90. The van der Waals surface area contributed by atoms with Crippen LogP contribution >= 0.6 is 0 Å². The molecule has 0 unspecified atom stereocenters. The second kappa shape index (κ2) is 4.82. The maximum Gasteiger partial charge on any atom is 0.332 e. The van der Waals surface area contributed by atoms with Crippen LogP contribution < -0.4 is 16.3 Å². The Labute approximate surface area is 127 Å². The number of anilines is 1. The molecule has 0 N–H and O–H groups in total. The van der Waals surface area contributed by atoms with Gasteiger partial charge in [0, 0.05) is 20.6 Å². The first-order valence-corrected chi connectivity index (χ1v) is 7.39. The summed E-state index contributed by atoms with van der Waals surface area (Å²) in [5.74, 6) is 0.578. The van der Waals surface area contributed by atoms with Gasteiger partial charge < -0.3 is 0 Å². The van der Waals surface area contributed by atoms with Crippen LogP contribution in [-0.4, -0.2) is 31.4 Å². The lowest BCUT2D eigenvalue weighted by atomic mass is 10.2. The maximum absolute atomic E-state index is 12.8. The van der Waals surface area contributed by atoms with Crippen LogP contribution in [0.15, 0.2) is 14.7 Å². The van der Waals surface area contributed by atoms with Crippen molar-refractivity contribution in [1.82, 2.24) is 18.7 Å². The van der Waals surface area contributed by atoms with Crippen molar-refractivity contribution in [1.29, 1.82) is 0 Å². The first-order chi connectivity index (χ1) is 10.4. The topological polar surface area (TPSA) is 77.4 Å². The Bertz CT molecular complexity index is 901. The van der Waals surface area contributed by atoms with Crippen molar-refractivity contribution < 1.29 is 0 Å². The molecule has 0 aliphatic carbocycles. The lowest BCUT2D eigenvalue weighted by Crippen LogP contribution is -2.40. The van der Waals surface area contributed by atoms with Crippen LogP contribution in [0.2, 0.25) is 0 Å². The van der Waals surface area contributed by atoms with Gasteiger partial charge in [0.1, 0.15) is 0 Å². The van der Waals surface area contributed by atoms with E-state index in [0.717, 1.165) is 12.1 Å². The highest BCUT2D eigenvalue weighted by Crippen LogP contribution is 2.28. The Morgan fingerprint density at radius 3 is 2.55 bits per heavy atom. The fraction of sp³-hybridized carbons (Fsp3) is 0.571. The van der Waals surface area contributed by atoms with Gasteiger partial charge in [0.25, 0.3) is 5.56 Å². The monoisotopic (exact) mass is 304 g/mol. The van der Waals surface area contributed by atoms with Gasteiger partial charge in [0.05, 0.1) is 11.8 Å². The van der Waals surface area contributed by atoms with Gasteiger partial charge in [-0.15, -0.1) is 0 Å². The smallest absolute Gasteiger partial charge is 0.294 e. The molecule has 0 fully saturated rings. The Morgan fingerprint density at radius 2 is 1.91 bits per heavy atom. The number of rotatable bonds is 2. The molecule has 0 amide bonds. The third-order valence-electron chi connectivity index (χ3n) is 4.19. The summed E-state index contributed by atoms with van der Waals surface area (Å²) in [6.07, 6.45) is 0.720. The van der Waals surface area contributed by atoms with Crippen molar-refractivity contribution in [3.63, 3.8) is 0 Å². The molecule has 0 radical (unpaired) electrons. The molecule has 1 aliphatic heterocycles. The predicted octanol–water partition coefficient (Wildman–Crippen LogP) is 0.693. The summed E-state index contributed by atoms with van der Waals surface area (Å²) < 4.78 is 4.59. The number of aromatic nitrogens is 4. The molecule has 2 aromatic rings. The molecule has 2 aromatic heterocycles. The van der Waals surface area contributed by atoms with Crippen molar-refractivity contribution in [2.24, 2.45) is 12.1 Å². The van der Waals surface area contributed by atoms with Gasteiger partial charge in [-0.25, -0.2) is 9.80 Å². The Morgan fingerprint density at radius 1 is 1.23 bits per heavy atom. The number of nitrogens with zero attached hydrogens (tertiary/aromatic N) is 6. The molecule has 22 heavy (non-hydrogen) atoms. The number of hydrogen-bond acceptors (Lipinski definition) is 5. The summed E-state index contributed by atoms with van der Waals surface area (Å²) in [5, 5.41) is 6.05. The van der Waals surface area contributed by atoms with Crippen LogP contribution in [0.4, 0.5) is 5.95 Å². The summed E-state index contributed by atoms with van der Waals surface area (Å²) in [7, 11) is 3.43. The summed E-state index contributed by atoms with van der Waals surface area (Å²) in [6.45, 7) is 6.24. The van der Waals surface area contributed by atoms with Crippen LogP contribution in [0.5, 0.6) is 0 Å². The van der Waals surface area contributed by atoms with Gasteiger partial charge >= 0.3 is 5.69 Å². The third kappa shape index (κ3) is 1.76. The van der Waals surface area contributed by atoms with Crippen molar-refractivity contribution >= 4 is 22.8 Å². The van der Waals surface area contributed by atoms with E-state index in [2.05, 4.69) is 10.1 Å². The molecule has 0 saturated carbocycles. The van der Waals surface area contributed by atoms with Crippen molar-refractivity contribution in [2.75, 3.05) is 12.1 Å². The van der Waals surface area contributed by atoms with Gasteiger partial charge in [-0.3, -0.25) is 18.5 Å². The molecule has 3 heterocycles. The highest BCUT2D eigenvalue weighted by Gasteiger charge is 2.28. The molecule has 3 rings (SSSR count). The summed E-state index contributed by atoms with van der Waals surface area (Å²) in [6, 6.07) is -0.0727. The van der Waals surface area contributed by atoms with Gasteiger partial charge in [-0.05, 0) is 20.3 Å². The minimum Gasteiger partial charge on any atom is -0.294 e. The third-order valence-corrected chi connectivity index (χ3v) is 4.19. The molecule has 0 saturated heterocycles. The molecule has 8 nitrogen and oxygen atoms in total. The lowest BCUT2D eigenvalue weighted by Gasteiger charge is -2.26. The largest absolute Gasteiger partial charge is 0.332 e. The normalized spacial score (nSPS) is 17.8. The van der Waals surface area contributed by atoms with Crippen molar-refractivity contribution in [2.45, 2.75) is 39.8 Å². The number of hydrogen-bond donors (Lipinski definition) is 0. The summed E-state index contributed by atoms with van der Waals surface area (Å²) in [5.41, 5.74) is 1.14. The zero-order valence-corrected chi connectivity index (χ0v) is 13.5. The number of fused-ring (bicyclic) bond motifs is 3. The van der Waals surface area contributed by atoms with E-state index in [1.165, 1.54) is 9.13 Å². The highest BCUT2D eigenvalue weighted by atomic mass is 16.2. The van der Waals surface area contributed by atoms with E-state index in [4.69, 9.17) is 0 Å². The molecule has 1 aliphatic rings. The average molecular weight is 304 g/mol. The van der Waals surface area contributed by atoms with Gasteiger partial charge in [0.2, 0.25) is 5.95 Å². The van der Waals surface area contributed by atoms with Crippen molar-refractivity contribution in [3.8, 4) is 0 Å². The van der Waals surface area contributed by atoms with E-state index in [-0.39, 0.29) is 17.3 Å². The van der Waals surface area contributed by atoms with Crippen molar-refractivity contribution in [3.05, 3.63) is 20.8 Å². The van der Waals surface area contributed by atoms with Crippen LogP contribution in [0.25, 0.3) is 11.2 Å². The minimum atomic E-state index is -0.331. The maximum atomic E-state index is 12.8. The predicted molar refractivity (Wildman–Crippen MR) is 85.7 cm³/mol. The molecule has 0 spiro atoms.